The monoisotopic (exact) mass is 170 g/mol. The molecule has 5 heteroatoms. The molecular weight excluding hydrogens is 164 g/mol. The number of amides is 1. The molecule has 11 heavy (non-hydrogen) atoms. The lowest BCUT2D eigenvalue weighted by Gasteiger charge is -1.98. The molecule has 4 nitrogen and oxygen atoms in total. The van der Waals surface area contributed by atoms with Crippen molar-refractivity contribution >= 4 is 24.1 Å². The summed E-state index contributed by atoms with van der Waals surface area (Å²) in [6.07, 6.45) is -1.11. The summed E-state index contributed by atoms with van der Waals surface area (Å²) >= 11 is 4.76. The van der Waals surface area contributed by atoms with Gasteiger partial charge in [-0.1, -0.05) is 18.3 Å². The zero-order valence-corrected chi connectivity index (χ0v) is 6.31. The van der Waals surface area contributed by atoms with Crippen LogP contribution in [0.3, 0.4) is 0 Å². The molecule has 1 aromatic rings. The largest absolute Gasteiger partial charge is 0.465 e. The second kappa shape index (κ2) is 3.16. The summed E-state index contributed by atoms with van der Waals surface area (Å²) in [5.41, 5.74) is 0. The Morgan fingerprint density at radius 3 is 2.91 bits per heavy atom. The van der Waals surface area contributed by atoms with Crippen molar-refractivity contribution in [2.75, 3.05) is 5.32 Å². The van der Waals surface area contributed by atoms with E-state index in [1.54, 1.807) is 18.2 Å². The van der Waals surface area contributed by atoms with Gasteiger partial charge in [-0.2, -0.15) is 0 Å². The molecule has 0 radical (unpaired) electrons. The number of carbonyl (C=O) groups is 1. The third-order valence-electron chi connectivity index (χ3n) is 1.01. The van der Waals surface area contributed by atoms with E-state index < -0.39 is 6.09 Å². The number of H-pyrrole nitrogens is 1. The molecular formula is C6H6N2O2S. The number of rotatable bonds is 1. The quantitative estimate of drug-likeness (QED) is 0.563. The van der Waals surface area contributed by atoms with E-state index in [-0.39, 0.29) is 0 Å². The lowest BCUT2D eigenvalue weighted by molar-refractivity contribution is 0.209. The highest BCUT2D eigenvalue weighted by molar-refractivity contribution is 7.71. The van der Waals surface area contributed by atoms with Crippen molar-refractivity contribution in [3.63, 3.8) is 0 Å². The van der Waals surface area contributed by atoms with Gasteiger partial charge in [-0.05, 0) is 12.1 Å². The van der Waals surface area contributed by atoms with Crippen molar-refractivity contribution in [1.29, 1.82) is 0 Å². The summed E-state index contributed by atoms with van der Waals surface area (Å²) in [5.74, 6) is 0.380. The van der Waals surface area contributed by atoms with E-state index in [0.717, 1.165) is 0 Å². The average molecular weight is 170 g/mol. The summed E-state index contributed by atoms with van der Waals surface area (Å²) in [6, 6.07) is 4.93. The maximum Gasteiger partial charge on any atom is 0.410 e. The zero-order chi connectivity index (χ0) is 8.27. The molecule has 3 N–H and O–H groups in total. The number of aromatic amines is 1. The van der Waals surface area contributed by atoms with E-state index in [1.165, 1.54) is 0 Å². The highest BCUT2D eigenvalue weighted by atomic mass is 32.1. The van der Waals surface area contributed by atoms with Crippen LogP contribution in [0.15, 0.2) is 18.2 Å². The van der Waals surface area contributed by atoms with Gasteiger partial charge in [0.25, 0.3) is 0 Å². The Labute approximate surface area is 67.9 Å². The second-order valence-electron chi connectivity index (χ2n) is 1.86. The molecule has 0 bridgehead atoms. The lowest BCUT2D eigenvalue weighted by Crippen LogP contribution is -2.08. The molecule has 0 fully saturated rings. The predicted molar refractivity (Wildman–Crippen MR) is 43.3 cm³/mol. The molecule has 0 aliphatic carbocycles. The Kier molecular flexibility index (Phi) is 2.22. The van der Waals surface area contributed by atoms with E-state index in [2.05, 4.69) is 10.3 Å². The zero-order valence-electron chi connectivity index (χ0n) is 5.50. The molecule has 1 aromatic heterocycles. The van der Waals surface area contributed by atoms with Crippen molar-refractivity contribution in [2.24, 2.45) is 0 Å². The van der Waals surface area contributed by atoms with Gasteiger partial charge in [0.15, 0.2) is 0 Å². The highest BCUT2D eigenvalue weighted by Crippen LogP contribution is 2.00. The van der Waals surface area contributed by atoms with Crippen molar-refractivity contribution < 1.29 is 9.90 Å². The molecule has 0 saturated carbocycles. The van der Waals surface area contributed by atoms with Gasteiger partial charge in [-0.15, -0.1) is 0 Å². The minimum Gasteiger partial charge on any atom is -0.465 e. The molecule has 58 valence electrons. The summed E-state index contributed by atoms with van der Waals surface area (Å²) in [6.45, 7) is 0. The number of hydrogen-bond acceptors (Lipinski definition) is 2. The predicted octanol–water partition coefficient (Wildman–Crippen LogP) is 1.83. The smallest absolute Gasteiger partial charge is 0.410 e. The number of carboxylic acid groups (broad SMARTS) is 1. The summed E-state index contributed by atoms with van der Waals surface area (Å²) in [7, 11) is 0. The van der Waals surface area contributed by atoms with Crippen LogP contribution in [-0.2, 0) is 0 Å². The van der Waals surface area contributed by atoms with Crippen LogP contribution in [0.4, 0.5) is 10.6 Å². The van der Waals surface area contributed by atoms with E-state index in [9.17, 15) is 4.79 Å². The fraction of sp³-hybridized carbons (Fsp3) is 0. The van der Waals surface area contributed by atoms with Gasteiger partial charge in [-0.3, -0.25) is 5.32 Å². The minimum atomic E-state index is -1.11. The molecule has 1 rings (SSSR count). The molecule has 0 aliphatic heterocycles. The van der Waals surface area contributed by atoms with Gasteiger partial charge in [-0.25, -0.2) is 4.79 Å². The number of aromatic nitrogens is 1. The molecule has 0 unspecified atom stereocenters. The minimum absolute atomic E-state index is 0.380. The number of pyridine rings is 1. The first-order chi connectivity index (χ1) is 5.18. The Hall–Kier alpha value is -1.36. The molecule has 1 heterocycles. The van der Waals surface area contributed by atoms with Crippen LogP contribution in [0.1, 0.15) is 0 Å². The highest BCUT2D eigenvalue weighted by Gasteiger charge is 1.94. The van der Waals surface area contributed by atoms with Crippen LogP contribution in [0.25, 0.3) is 0 Å². The normalized spacial score (nSPS) is 9.09. The standard InChI is InChI=1S/C6H6N2O2S/c9-6(10)8-4-2-1-3-5(11)7-4/h1-3H,(H,9,10)(H2,7,8,11). The molecule has 0 aliphatic rings. The van der Waals surface area contributed by atoms with E-state index in [4.69, 9.17) is 17.3 Å². The van der Waals surface area contributed by atoms with Crippen LogP contribution in [-0.4, -0.2) is 16.2 Å². The van der Waals surface area contributed by atoms with Gasteiger partial charge >= 0.3 is 6.09 Å². The van der Waals surface area contributed by atoms with E-state index >= 15 is 0 Å². The SMILES string of the molecule is O=C(O)Nc1cccc(=S)[nH]1. The molecule has 0 atom stereocenters. The molecule has 0 saturated heterocycles. The lowest BCUT2D eigenvalue weighted by atomic mass is 10.5. The van der Waals surface area contributed by atoms with Crippen molar-refractivity contribution in [3.8, 4) is 0 Å². The average Bonchev–Trinajstić information content (AvgIpc) is 1.85. The topological polar surface area (TPSA) is 65.1 Å². The van der Waals surface area contributed by atoms with Crippen molar-refractivity contribution in [2.45, 2.75) is 0 Å². The maximum atomic E-state index is 10.1. The van der Waals surface area contributed by atoms with Crippen molar-refractivity contribution in [1.82, 2.24) is 4.98 Å². The fourth-order valence-corrected chi connectivity index (χ4v) is 0.824. The van der Waals surface area contributed by atoms with E-state index in [0.29, 0.717) is 10.5 Å². The first kappa shape index (κ1) is 7.74. The second-order valence-corrected chi connectivity index (χ2v) is 2.30. The van der Waals surface area contributed by atoms with Gasteiger partial charge in [0.05, 0.1) is 0 Å². The van der Waals surface area contributed by atoms with Gasteiger partial charge < -0.3 is 10.1 Å². The van der Waals surface area contributed by atoms with Crippen LogP contribution >= 0.6 is 12.2 Å². The molecule has 1 amide bonds. The van der Waals surface area contributed by atoms with Gasteiger partial charge in [0.1, 0.15) is 10.5 Å². The third-order valence-corrected chi connectivity index (χ3v) is 1.25. The summed E-state index contributed by atoms with van der Waals surface area (Å²) in [5, 5.41) is 10.4. The van der Waals surface area contributed by atoms with Crippen LogP contribution in [0.5, 0.6) is 0 Å². The van der Waals surface area contributed by atoms with Crippen LogP contribution < -0.4 is 5.32 Å². The third kappa shape index (κ3) is 2.38. The Morgan fingerprint density at radius 2 is 2.36 bits per heavy atom. The molecule has 0 aromatic carbocycles. The summed E-state index contributed by atoms with van der Waals surface area (Å²) in [4.78, 5) is 12.8. The number of hydrogen-bond donors (Lipinski definition) is 3. The van der Waals surface area contributed by atoms with Crippen LogP contribution in [0.2, 0.25) is 0 Å². The fourth-order valence-electron chi connectivity index (χ4n) is 0.636. The van der Waals surface area contributed by atoms with Gasteiger partial charge in [0, 0.05) is 0 Å². The summed E-state index contributed by atoms with van der Waals surface area (Å²) < 4.78 is 0.497. The number of anilines is 1. The first-order valence-electron chi connectivity index (χ1n) is 2.88. The van der Waals surface area contributed by atoms with Crippen molar-refractivity contribution in [3.05, 3.63) is 22.8 Å². The van der Waals surface area contributed by atoms with Gasteiger partial charge in [0.2, 0.25) is 0 Å². The Bertz CT molecular complexity index is 320. The Morgan fingerprint density at radius 1 is 1.64 bits per heavy atom. The number of nitrogens with one attached hydrogen (secondary N) is 2. The Balaban J connectivity index is 2.88. The molecule has 0 spiro atoms. The maximum absolute atomic E-state index is 10.1. The van der Waals surface area contributed by atoms with E-state index in [1.807, 2.05) is 0 Å². The first-order valence-corrected chi connectivity index (χ1v) is 3.28. The van der Waals surface area contributed by atoms with Crippen LogP contribution in [0, 0.1) is 4.64 Å².